The summed E-state index contributed by atoms with van der Waals surface area (Å²) in [5.41, 5.74) is 0.319. The van der Waals surface area contributed by atoms with E-state index in [-0.39, 0.29) is 32.3 Å². The van der Waals surface area contributed by atoms with Gasteiger partial charge in [0.15, 0.2) is 5.60 Å². The second-order valence-corrected chi connectivity index (χ2v) is 8.62. The Morgan fingerprint density at radius 3 is 2.26 bits per heavy atom. The molecule has 2 aliphatic carbocycles. The predicted molar refractivity (Wildman–Crippen MR) is 106 cm³/mol. The SMILES string of the molecule is O=C(OCC1c2ccccc2-c2ccccc21)N1CCOCC12CC(O)(C(F)(F)F)C2. The standard InChI is InChI=1S/C23H22F3NO4/c24-23(25,26)22(29)12-21(13-22)14-30-10-9-27(21)20(28)31-11-19-17-7-3-1-5-15(17)16-6-2-4-8-18(16)19/h1-8,19,29H,9-14H2. The summed E-state index contributed by atoms with van der Waals surface area (Å²) >= 11 is 0. The van der Waals surface area contributed by atoms with Gasteiger partial charge in [0.2, 0.25) is 0 Å². The summed E-state index contributed by atoms with van der Waals surface area (Å²) < 4.78 is 50.5. The fourth-order valence-corrected chi connectivity index (χ4v) is 5.22. The first-order valence-electron chi connectivity index (χ1n) is 10.2. The molecule has 1 saturated heterocycles. The van der Waals surface area contributed by atoms with Crippen LogP contribution < -0.4 is 0 Å². The van der Waals surface area contributed by atoms with E-state index in [9.17, 15) is 23.1 Å². The molecule has 31 heavy (non-hydrogen) atoms. The van der Waals surface area contributed by atoms with Crippen LogP contribution in [0.3, 0.4) is 0 Å². The average molecular weight is 433 g/mol. The summed E-state index contributed by atoms with van der Waals surface area (Å²) in [4.78, 5) is 14.2. The van der Waals surface area contributed by atoms with E-state index in [0.717, 1.165) is 22.3 Å². The highest BCUT2D eigenvalue weighted by molar-refractivity contribution is 5.79. The molecular formula is C23H22F3NO4. The van der Waals surface area contributed by atoms with Crippen molar-refractivity contribution in [1.29, 1.82) is 0 Å². The number of nitrogens with zero attached hydrogens (tertiary/aromatic N) is 1. The van der Waals surface area contributed by atoms with Crippen LogP contribution in [-0.2, 0) is 9.47 Å². The number of aliphatic hydroxyl groups is 1. The lowest BCUT2D eigenvalue weighted by Crippen LogP contribution is -2.74. The van der Waals surface area contributed by atoms with Crippen LogP contribution in [0.1, 0.15) is 29.9 Å². The molecule has 1 heterocycles. The number of alkyl halides is 3. The molecule has 0 aromatic heterocycles. The average Bonchev–Trinajstić information content (AvgIpc) is 3.04. The number of amides is 1. The van der Waals surface area contributed by atoms with Crippen molar-refractivity contribution in [1.82, 2.24) is 4.90 Å². The summed E-state index contributed by atoms with van der Waals surface area (Å²) in [6, 6.07) is 15.8. The van der Waals surface area contributed by atoms with Crippen LogP contribution in [-0.4, -0.2) is 59.8 Å². The molecule has 1 N–H and O–H groups in total. The molecule has 0 bridgehead atoms. The normalized spacial score (nSPS) is 27.5. The quantitative estimate of drug-likeness (QED) is 0.775. The van der Waals surface area contributed by atoms with E-state index < -0.39 is 36.3 Å². The van der Waals surface area contributed by atoms with Crippen molar-refractivity contribution < 1.29 is 32.5 Å². The zero-order valence-corrected chi connectivity index (χ0v) is 16.7. The number of hydrogen-bond acceptors (Lipinski definition) is 4. The first-order valence-corrected chi connectivity index (χ1v) is 10.2. The fourth-order valence-electron chi connectivity index (χ4n) is 5.22. The van der Waals surface area contributed by atoms with E-state index in [1.54, 1.807) is 0 Å². The van der Waals surface area contributed by atoms with Crippen molar-refractivity contribution in [3.05, 3.63) is 59.7 Å². The molecular weight excluding hydrogens is 411 g/mol. The van der Waals surface area contributed by atoms with Gasteiger partial charge in [-0.3, -0.25) is 4.90 Å². The van der Waals surface area contributed by atoms with Crippen molar-refractivity contribution in [3.8, 4) is 11.1 Å². The van der Waals surface area contributed by atoms with Gasteiger partial charge in [-0.25, -0.2) is 4.79 Å². The molecule has 2 aromatic rings. The molecule has 2 fully saturated rings. The highest BCUT2D eigenvalue weighted by Gasteiger charge is 2.70. The largest absolute Gasteiger partial charge is 0.448 e. The van der Waals surface area contributed by atoms with E-state index in [0.29, 0.717) is 0 Å². The van der Waals surface area contributed by atoms with Gasteiger partial charge in [0.25, 0.3) is 0 Å². The van der Waals surface area contributed by atoms with E-state index >= 15 is 0 Å². The second kappa shape index (κ2) is 6.97. The van der Waals surface area contributed by atoms with Gasteiger partial charge in [0, 0.05) is 25.3 Å². The molecule has 8 heteroatoms. The zero-order valence-electron chi connectivity index (χ0n) is 16.7. The minimum Gasteiger partial charge on any atom is -0.448 e. The number of ether oxygens (including phenoxy) is 2. The van der Waals surface area contributed by atoms with Crippen LogP contribution in [0.4, 0.5) is 18.0 Å². The number of benzene rings is 2. The van der Waals surface area contributed by atoms with Crippen LogP contribution in [0, 0.1) is 0 Å². The number of hydrogen-bond donors (Lipinski definition) is 1. The molecule has 3 aliphatic rings. The maximum atomic E-state index is 13.2. The molecule has 5 nitrogen and oxygen atoms in total. The van der Waals surface area contributed by atoms with Crippen LogP contribution in [0.25, 0.3) is 11.1 Å². The molecule has 1 saturated carbocycles. The van der Waals surface area contributed by atoms with Crippen LogP contribution in [0.15, 0.2) is 48.5 Å². The molecule has 1 amide bonds. The Balaban J connectivity index is 1.33. The molecule has 164 valence electrons. The summed E-state index contributed by atoms with van der Waals surface area (Å²) in [5.74, 6) is -0.137. The Kier molecular flexibility index (Phi) is 4.57. The van der Waals surface area contributed by atoms with Gasteiger partial charge in [0.1, 0.15) is 6.61 Å². The van der Waals surface area contributed by atoms with Crippen molar-refractivity contribution in [2.24, 2.45) is 0 Å². The van der Waals surface area contributed by atoms with Crippen molar-refractivity contribution in [2.75, 3.05) is 26.4 Å². The zero-order chi connectivity index (χ0) is 21.9. The third-order valence-electron chi connectivity index (χ3n) is 6.73. The minimum absolute atomic E-state index is 0.0460. The van der Waals surface area contributed by atoms with Crippen molar-refractivity contribution in [2.45, 2.75) is 36.1 Å². The first-order chi connectivity index (χ1) is 14.7. The smallest absolute Gasteiger partial charge is 0.417 e. The summed E-state index contributed by atoms with van der Waals surface area (Å²) in [7, 11) is 0. The molecule has 0 radical (unpaired) electrons. The van der Waals surface area contributed by atoms with E-state index in [4.69, 9.17) is 9.47 Å². The summed E-state index contributed by atoms with van der Waals surface area (Å²) in [5, 5.41) is 9.93. The predicted octanol–water partition coefficient (Wildman–Crippen LogP) is 4.09. The lowest BCUT2D eigenvalue weighted by molar-refractivity contribution is -0.323. The third kappa shape index (κ3) is 3.11. The highest BCUT2D eigenvalue weighted by atomic mass is 19.4. The summed E-state index contributed by atoms with van der Waals surface area (Å²) in [6.07, 6.45) is -6.63. The van der Waals surface area contributed by atoms with Crippen molar-refractivity contribution >= 4 is 6.09 Å². The molecule has 5 rings (SSSR count). The minimum atomic E-state index is -4.75. The number of halogens is 3. The Bertz CT molecular complexity index is 970. The van der Waals surface area contributed by atoms with Gasteiger partial charge < -0.3 is 14.6 Å². The highest BCUT2D eigenvalue weighted by Crippen LogP contribution is 2.54. The van der Waals surface area contributed by atoms with Crippen molar-refractivity contribution in [3.63, 3.8) is 0 Å². The lowest BCUT2D eigenvalue weighted by atomic mass is 9.63. The molecule has 0 atom stereocenters. The van der Waals surface area contributed by atoms with Gasteiger partial charge >= 0.3 is 12.3 Å². The Morgan fingerprint density at radius 1 is 1.10 bits per heavy atom. The van der Waals surface area contributed by atoms with E-state index in [1.165, 1.54) is 4.90 Å². The molecule has 1 spiro atoms. The van der Waals surface area contributed by atoms with Gasteiger partial charge in [-0.1, -0.05) is 48.5 Å². The van der Waals surface area contributed by atoms with Crippen LogP contribution >= 0.6 is 0 Å². The van der Waals surface area contributed by atoms with E-state index in [2.05, 4.69) is 0 Å². The number of carbonyl (C=O) groups excluding carboxylic acids is 1. The maximum absolute atomic E-state index is 13.2. The topological polar surface area (TPSA) is 59.0 Å². The van der Waals surface area contributed by atoms with Gasteiger partial charge in [-0.15, -0.1) is 0 Å². The Labute approximate surface area is 177 Å². The Hall–Kier alpha value is -2.58. The monoisotopic (exact) mass is 433 g/mol. The number of fused-ring (bicyclic) bond motifs is 3. The third-order valence-corrected chi connectivity index (χ3v) is 6.73. The van der Waals surface area contributed by atoms with Gasteiger partial charge in [0.05, 0.1) is 18.8 Å². The number of carbonyl (C=O) groups is 1. The number of rotatable bonds is 2. The first kappa shape index (κ1) is 20.3. The molecule has 1 aliphatic heterocycles. The second-order valence-electron chi connectivity index (χ2n) is 8.62. The Morgan fingerprint density at radius 2 is 1.68 bits per heavy atom. The van der Waals surface area contributed by atoms with Gasteiger partial charge in [-0.05, 0) is 22.3 Å². The molecule has 2 aromatic carbocycles. The van der Waals surface area contributed by atoms with Gasteiger partial charge in [-0.2, -0.15) is 13.2 Å². The van der Waals surface area contributed by atoms with Crippen LogP contribution in [0.2, 0.25) is 0 Å². The molecule has 0 unspecified atom stereocenters. The maximum Gasteiger partial charge on any atom is 0.417 e. The fraction of sp³-hybridized carbons (Fsp3) is 0.435. The number of morpholine rings is 1. The lowest BCUT2D eigenvalue weighted by Gasteiger charge is -2.59. The summed E-state index contributed by atoms with van der Waals surface area (Å²) in [6.45, 7) is 0.389. The van der Waals surface area contributed by atoms with Crippen LogP contribution in [0.5, 0.6) is 0 Å². The van der Waals surface area contributed by atoms with E-state index in [1.807, 2.05) is 48.5 Å².